The summed E-state index contributed by atoms with van der Waals surface area (Å²) in [5.74, 6) is -0.587. The zero-order valence-electron chi connectivity index (χ0n) is 14.7. The normalized spacial score (nSPS) is 11.4. The van der Waals surface area contributed by atoms with E-state index < -0.39 is 21.4 Å². The molecule has 2 aromatic rings. The Bertz CT molecular complexity index is 973. The van der Waals surface area contributed by atoms with Crippen LogP contribution in [0.2, 0.25) is 0 Å². The van der Waals surface area contributed by atoms with Gasteiger partial charge in [-0.1, -0.05) is 18.2 Å². The molecular weight excluding hydrogens is 342 g/mol. The van der Waals surface area contributed by atoms with Gasteiger partial charge in [-0.15, -0.1) is 0 Å². The first-order chi connectivity index (χ1) is 11.7. The fourth-order valence-corrected chi connectivity index (χ4v) is 4.53. The van der Waals surface area contributed by atoms with Crippen LogP contribution in [0.1, 0.15) is 23.7 Å². The van der Waals surface area contributed by atoms with Crippen LogP contribution in [0.4, 0.5) is 0 Å². The summed E-state index contributed by atoms with van der Waals surface area (Å²) in [6.45, 7) is 6.43. The molecule has 0 bridgehead atoms. The maximum absolute atomic E-state index is 13.0. The first-order valence-corrected chi connectivity index (χ1v) is 9.35. The summed E-state index contributed by atoms with van der Waals surface area (Å²) in [5, 5.41) is 0. The minimum atomic E-state index is -4.00. The average molecular weight is 363 g/mol. The molecule has 6 nitrogen and oxygen atoms in total. The lowest BCUT2D eigenvalue weighted by Gasteiger charge is -2.15. The molecule has 1 aromatic heterocycles. The third kappa shape index (κ3) is 3.66. The highest BCUT2D eigenvalue weighted by atomic mass is 32.2. The maximum Gasteiger partial charge on any atom is 0.326 e. The van der Waals surface area contributed by atoms with Gasteiger partial charge in [0.05, 0.1) is 11.5 Å². The predicted octanol–water partition coefficient (Wildman–Crippen LogP) is 2.17. The van der Waals surface area contributed by atoms with E-state index in [1.165, 1.54) is 6.07 Å². The largest absolute Gasteiger partial charge is 0.465 e. The second-order valence-electron chi connectivity index (χ2n) is 5.76. The van der Waals surface area contributed by atoms with E-state index >= 15 is 0 Å². The summed E-state index contributed by atoms with van der Waals surface area (Å²) < 4.78 is 32.1. The first-order valence-electron chi connectivity index (χ1n) is 7.87. The van der Waals surface area contributed by atoms with Crippen molar-refractivity contribution in [1.29, 1.82) is 0 Å². The molecule has 0 aliphatic carbocycles. The van der Waals surface area contributed by atoms with Gasteiger partial charge in [0, 0.05) is 5.69 Å². The molecule has 134 valence electrons. The maximum atomic E-state index is 13.0. The standard InChI is InChI=1S/C18H21NO5S/c1-5-24-16(20)11-19-14(4)10-13(3)17(18(19)21)25(22,23)15-9-7-6-8-12(15)2/h6-10H,5,11H2,1-4H3. The van der Waals surface area contributed by atoms with Crippen molar-refractivity contribution in [3.63, 3.8) is 0 Å². The number of sulfone groups is 1. The van der Waals surface area contributed by atoms with Gasteiger partial charge >= 0.3 is 5.97 Å². The number of pyridine rings is 1. The van der Waals surface area contributed by atoms with Crippen molar-refractivity contribution in [3.05, 3.63) is 57.5 Å². The van der Waals surface area contributed by atoms with Gasteiger partial charge in [0.15, 0.2) is 0 Å². The Morgan fingerprint density at radius 1 is 1.12 bits per heavy atom. The van der Waals surface area contributed by atoms with Crippen molar-refractivity contribution in [2.45, 2.75) is 44.0 Å². The second-order valence-corrected chi connectivity index (χ2v) is 7.62. The van der Waals surface area contributed by atoms with Crippen molar-refractivity contribution >= 4 is 15.8 Å². The fourth-order valence-electron chi connectivity index (χ4n) is 2.74. The molecule has 0 aliphatic rings. The Balaban J connectivity index is 2.69. The van der Waals surface area contributed by atoms with E-state index in [-0.39, 0.29) is 22.9 Å². The van der Waals surface area contributed by atoms with E-state index in [0.717, 1.165) is 4.57 Å². The van der Waals surface area contributed by atoms with Gasteiger partial charge in [-0.2, -0.15) is 0 Å². The molecule has 0 aliphatic heterocycles. The lowest BCUT2D eigenvalue weighted by molar-refractivity contribution is -0.143. The lowest BCUT2D eigenvalue weighted by Crippen LogP contribution is -2.32. The highest BCUT2D eigenvalue weighted by molar-refractivity contribution is 7.91. The highest BCUT2D eigenvalue weighted by Crippen LogP contribution is 2.24. The summed E-state index contributed by atoms with van der Waals surface area (Å²) in [5.41, 5.74) is 0.692. The van der Waals surface area contributed by atoms with Crippen molar-refractivity contribution in [2.75, 3.05) is 6.61 Å². The fraction of sp³-hybridized carbons (Fsp3) is 0.333. The van der Waals surface area contributed by atoms with Gasteiger partial charge in [0.2, 0.25) is 9.84 Å². The Kier molecular flexibility index (Phi) is 5.47. The molecule has 0 N–H and O–H groups in total. The summed E-state index contributed by atoms with van der Waals surface area (Å²) in [4.78, 5) is 24.4. The number of carbonyl (C=O) groups is 1. The van der Waals surface area contributed by atoms with Crippen LogP contribution in [-0.2, 0) is 25.9 Å². The zero-order valence-corrected chi connectivity index (χ0v) is 15.5. The summed E-state index contributed by atoms with van der Waals surface area (Å²) in [6, 6.07) is 8.08. The topological polar surface area (TPSA) is 82.4 Å². The van der Waals surface area contributed by atoms with E-state index in [1.54, 1.807) is 52.0 Å². The van der Waals surface area contributed by atoms with Crippen LogP contribution >= 0.6 is 0 Å². The zero-order chi connectivity index (χ0) is 18.8. The summed E-state index contributed by atoms with van der Waals surface area (Å²) in [6.07, 6.45) is 0. The van der Waals surface area contributed by atoms with E-state index in [0.29, 0.717) is 16.8 Å². The summed E-state index contributed by atoms with van der Waals surface area (Å²) >= 11 is 0. The monoisotopic (exact) mass is 363 g/mol. The molecule has 0 fully saturated rings. The number of aryl methyl sites for hydroxylation is 3. The Hall–Kier alpha value is -2.41. The quantitative estimate of drug-likeness (QED) is 0.761. The second kappa shape index (κ2) is 7.23. The molecule has 0 saturated heterocycles. The van der Waals surface area contributed by atoms with E-state index in [4.69, 9.17) is 4.74 Å². The van der Waals surface area contributed by atoms with Gasteiger partial charge in [-0.3, -0.25) is 9.59 Å². The van der Waals surface area contributed by atoms with Crippen molar-refractivity contribution < 1.29 is 17.9 Å². The Morgan fingerprint density at radius 2 is 1.76 bits per heavy atom. The minimum absolute atomic E-state index is 0.0849. The van der Waals surface area contributed by atoms with Gasteiger partial charge in [0.1, 0.15) is 11.4 Å². The van der Waals surface area contributed by atoms with Crippen LogP contribution in [-0.4, -0.2) is 25.6 Å². The van der Waals surface area contributed by atoms with Crippen LogP contribution in [0.3, 0.4) is 0 Å². The number of hydrogen-bond acceptors (Lipinski definition) is 5. The molecular formula is C18H21NO5S. The summed E-state index contributed by atoms with van der Waals surface area (Å²) in [7, 11) is -4.00. The highest BCUT2D eigenvalue weighted by Gasteiger charge is 2.27. The van der Waals surface area contributed by atoms with Crippen LogP contribution in [0.5, 0.6) is 0 Å². The molecule has 7 heteroatoms. The number of esters is 1. The average Bonchev–Trinajstić information content (AvgIpc) is 2.51. The number of benzene rings is 1. The molecule has 0 unspecified atom stereocenters. The van der Waals surface area contributed by atoms with Crippen LogP contribution in [0.25, 0.3) is 0 Å². The Labute approximate surface area is 147 Å². The SMILES string of the molecule is CCOC(=O)Cn1c(C)cc(C)c(S(=O)(=O)c2ccccc2C)c1=O. The molecule has 0 amide bonds. The molecule has 0 radical (unpaired) electrons. The van der Waals surface area contributed by atoms with E-state index in [1.807, 2.05) is 0 Å². The van der Waals surface area contributed by atoms with Gasteiger partial charge in [0.25, 0.3) is 5.56 Å². The van der Waals surface area contributed by atoms with Crippen molar-refractivity contribution in [2.24, 2.45) is 0 Å². The molecule has 0 atom stereocenters. The van der Waals surface area contributed by atoms with E-state index in [2.05, 4.69) is 0 Å². The molecule has 1 heterocycles. The van der Waals surface area contributed by atoms with Gasteiger partial charge in [-0.05, 0) is 51.0 Å². The number of carbonyl (C=O) groups excluding carboxylic acids is 1. The van der Waals surface area contributed by atoms with Crippen molar-refractivity contribution in [3.8, 4) is 0 Å². The molecule has 1 aromatic carbocycles. The lowest BCUT2D eigenvalue weighted by atomic mass is 10.2. The number of nitrogens with zero attached hydrogens (tertiary/aromatic N) is 1. The smallest absolute Gasteiger partial charge is 0.326 e. The minimum Gasteiger partial charge on any atom is -0.465 e. The number of rotatable bonds is 5. The van der Waals surface area contributed by atoms with Gasteiger partial charge < -0.3 is 9.30 Å². The first kappa shape index (κ1) is 18.9. The van der Waals surface area contributed by atoms with Crippen LogP contribution in [0.15, 0.2) is 44.9 Å². The van der Waals surface area contributed by atoms with Crippen molar-refractivity contribution in [1.82, 2.24) is 4.57 Å². The van der Waals surface area contributed by atoms with Crippen LogP contribution < -0.4 is 5.56 Å². The third-order valence-electron chi connectivity index (χ3n) is 3.89. The molecule has 0 saturated carbocycles. The number of ether oxygens (including phenoxy) is 1. The Morgan fingerprint density at radius 3 is 2.36 bits per heavy atom. The molecule has 2 rings (SSSR count). The third-order valence-corrected chi connectivity index (χ3v) is 5.96. The number of aromatic nitrogens is 1. The predicted molar refractivity (Wildman–Crippen MR) is 93.4 cm³/mol. The number of hydrogen-bond donors (Lipinski definition) is 0. The van der Waals surface area contributed by atoms with Crippen LogP contribution in [0, 0.1) is 20.8 Å². The van der Waals surface area contributed by atoms with Gasteiger partial charge in [-0.25, -0.2) is 8.42 Å². The molecule has 0 spiro atoms. The van der Waals surface area contributed by atoms with E-state index in [9.17, 15) is 18.0 Å². The molecule has 25 heavy (non-hydrogen) atoms.